The number of amides is 3. The lowest BCUT2D eigenvalue weighted by atomic mass is 9.70. The molecule has 31 heavy (non-hydrogen) atoms. The zero-order valence-electron chi connectivity index (χ0n) is 18.2. The van der Waals surface area contributed by atoms with E-state index in [0.717, 1.165) is 18.4 Å². The quantitative estimate of drug-likeness (QED) is 0.588. The molecule has 0 aromatic heterocycles. The Bertz CT molecular complexity index is 864. The van der Waals surface area contributed by atoms with Crippen LogP contribution in [0.4, 0.5) is 0 Å². The van der Waals surface area contributed by atoms with E-state index < -0.39 is 28.7 Å². The maximum atomic E-state index is 13.6. The molecule has 3 aliphatic heterocycles. The van der Waals surface area contributed by atoms with Crippen LogP contribution in [0.15, 0.2) is 30.3 Å². The van der Waals surface area contributed by atoms with Crippen molar-refractivity contribution in [2.24, 2.45) is 11.8 Å². The topological polar surface area (TPSA) is 98.7 Å². The van der Waals surface area contributed by atoms with Crippen LogP contribution in [0.2, 0.25) is 0 Å². The molecule has 3 aliphatic rings. The number of aliphatic hydroxyl groups excluding tert-OH is 1. The number of carbonyl (C=O) groups excluding carboxylic acids is 3. The predicted molar refractivity (Wildman–Crippen MR) is 119 cm³/mol. The number of hydrogen-bond acceptors (Lipinski definition) is 5. The highest BCUT2D eigenvalue weighted by atomic mass is 32.2. The second kappa shape index (κ2) is 8.47. The third-order valence-electron chi connectivity index (χ3n) is 6.77. The lowest BCUT2D eigenvalue weighted by Crippen LogP contribution is -2.57. The number of fused-ring (bicyclic) bond motifs is 1. The van der Waals surface area contributed by atoms with Gasteiger partial charge in [0.25, 0.3) is 0 Å². The summed E-state index contributed by atoms with van der Waals surface area (Å²) < 4.78 is -0.612. The van der Waals surface area contributed by atoms with Gasteiger partial charge in [0.1, 0.15) is 6.04 Å². The van der Waals surface area contributed by atoms with Gasteiger partial charge < -0.3 is 20.6 Å². The first-order valence-corrected chi connectivity index (χ1v) is 11.9. The number of benzene rings is 1. The van der Waals surface area contributed by atoms with Crippen molar-refractivity contribution >= 4 is 29.5 Å². The molecule has 7 nitrogen and oxygen atoms in total. The van der Waals surface area contributed by atoms with Crippen molar-refractivity contribution in [2.45, 2.75) is 68.3 Å². The second-order valence-corrected chi connectivity index (χ2v) is 10.8. The Labute approximate surface area is 187 Å². The van der Waals surface area contributed by atoms with Crippen LogP contribution in [0.1, 0.15) is 39.2 Å². The molecule has 0 saturated carbocycles. The molecule has 1 aromatic rings. The number of thioether (sulfide) groups is 1. The fourth-order valence-corrected chi connectivity index (χ4v) is 7.73. The van der Waals surface area contributed by atoms with Crippen LogP contribution >= 0.6 is 11.8 Å². The van der Waals surface area contributed by atoms with Crippen molar-refractivity contribution in [1.82, 2.24) is 15.5 Å². The fourth-order valence-electron chi connectivity index (χ4n) is 5.52. The summed E-state index contributed by atoms with van der Waals surface area (Å²) >= 11 is 1.64. The van der Waals surface area contributed by atoms with E-state index in [-0.39, 0.29) is 35.6 Å². The molecule has 168 valence electrons. The average Bonchev–Trinajstić information content (AvgIpc) is 3.39. The van der Waals surface area contributed by atoms with Gasteiger partial charge in [-0.3, -0.25) is 14.4 Å². The number of aliphatic hydroxyl groups is 1. The van der Waals surface area contributed by atoms with Gasteiger partial charge in [-0.1, -0.05) is 30.3 Å². The van der Waals surface area contributed by atoms with Crippen molar-refractivity contribution < 1.29 is 19.5 Å². The first-order chi connectivity index (χ1) is 14.8. The van der Waals surface area contributed by atoms with Gasteiger partial charge in [-0.2, -0.15) is 0 Å². The van der Waals surface area contributed by atoms with Crippen molar-refractivity contribution in [2.75, 3.05) is 6.61 Å². The van der Waals surface area contributed by atoms with Crippen molar-refractivity contribution in [1.29, 1.82) is 0 Å². The van der Waals surface area contributed by atoms with Gasteiger partial charge in [0, 0.05) is 17.8 Å². The smallest absolute Gasteiger partial charge is 0.244 e. The Kier molecular flexibility index (Phi) is 6.05. The Hall–Kier alpha value is -2.06. The molecule has 3 heterocycles. The van der Waals surface area contributed by atoms with Crippen molar-refractivity contribution in [3.05, 3.63) is 35.9 Å². The summed E-state index contributed by atoms with van der Waals surface area (Å²) in [5, 5.41) is 15.8. The van der Waals surface area contributed by atoms with E-state index in [0.29, 0.717) is 6.54 Å². The van der Waals surface area contributed by atoms with E-state index in [2.05, 4.69) is 10.6 Å². The Morgan fingerprint density at radius 2 is 1.94 bits per heavy atom. The Balaban J connectivity index is 1.62. The van der Waals surface area contributed by atoms with Gasteiger partial charge >= 0.3 is 0 Å². The Morgan fingerprint density at radius 3 is 2.58 bits per heavy atom. The van der Waals surface area contributed by atoms with Crippen LogP contribution in [0.5, 0.6) is 0 Å². The van der Waals surface area contributed by atoms with Crippen LogP contribution in [-0.4, -0.2) is 62.5 Å². The van der Waals surface area contributed by atoms with Gasteiger partial charge in [-0.15, -0.1) is 11.8 Å². The summed E-state index contributed by atoms with van der Waals surface area (Å²) in [4.78, 5) is 41.6. The van der Waals surface area contributed by atoms with Gasteiger partial charge in [0.05, 0.1) is 29.2 Å². The van der Waals surface area contributed by atoms with Gasteiger partial charge in [0.2, 0.25) is 17.7 Å². The van der Waals surface area contributed by atoms with Gasteiger partial charge in [-0.05, 0) is 39.2 Å². The zero-order valence-corrected chi connectivity index (χ0v) is 19.0. The minimum Gasteiger partial charge on any atom is -0.394 e. The molecule has 3 amide bonds. The summed E-state index contributed by atoms with van der Waals surface area (Å²) in [5.74, 6) is -1.49. The number of nitrogens with zero attached hydrogens (tertiary/aromatic N) is 1. The molecule has 0 aliphatic carbocycles. The molecule has 1 aromatic carbocycles. The number of carbonyl (C=O) groups is 3. The molecule has 3 fully saturated rings. The molecule has 0 radical (unpaired) electrons. The number of likely N-dealkylation sites (tertiary alicyclic amines) is 1. The average molecular weight is 446 g/mol. The lowest BCUT2D eigenvalue weighted by Gasteiger charge is -2.36. The third-order valence-corrected chi connectivity index (χ3v) is 8.72. The van der Waals surface area contributed by atoms with E-state index in [9.17, 15) is 19.5 Å². The lowest BCUT2D eigenvalue weighted by molar-refractivity contribution is -0.142. The van der Waals surface area contributed by atoms with Gasteiger partial charge in [0.15, 0.2) is 0 Å². The van der Waals surface area contributed by atoms with Crippen molar-refractivity contribution in [3.63, 3.8) is 0 Å². The maximum absolute atomic E-state index is 13.6. The first-order valence-electron chi connectivity index (χ1n) is 11.0. The molecular formula is C23H31N3O4S. The third kappa shape index (κ3) is 3.63. The van der Waals surface area contributed by atoms with Crippen molar-refractivity contribution in [3.8, 4) is 0 Å². The van der Waals surface area contributed by atoms with E-state index in [1.165, 1.54) is 0 Å². The summed E-state index contributed by atoms with van der Waals surface area (Å²) in [7, 11) is 0. The Morgan fingerprint density at radius 1 is 1.23 bits per heavy atom. The molecular weight excluding hydrogens is 414 g/mol. The van der Waals surface area contributed by atoms with Crippen LogP contribution in [0.25, 0.3) is 0 Å². The van der Waals surface area contributed by atoms with Crippen LogP contribution in [0.3, 0.4) is 0 Å². The molecule has 2 bridgehead atoms. The van der Waals surface area contributed by atoms with Gasteiger partial charge in [-0.25, -0.2) is 0 Å². The normalized spacial score (nSPS) is 32.3. The molecule has 8 heteroatoms. The van der Waals surface area contributed by atoms with E-state index in [1.54, 1.807) is 23.6 Å². The first kappa shape index (κ1) is 22.1. The van der Waals surface area contributed by atoms with Crippen LogP contribution in [-0.2, 0) is 20.9 Å². The molecule has 6 atom stereocenters. The van der Waals surface area contributed by atoms with Crippen LogP contribution < -0.4 is 10.6 Å². The van der Waals surface area contributed by atoms with E-state index >= 15 is 0 Å². The van der Waals surface area contributed by atoms with E-state index in [1.807, 2.05) is 44.2 Å². The SMILES string of the molecule is CC(C)NC(=O)C1N([C@H](C)CO)C(=O)[C@@H]2[C@H](C(=O)NCc3ccccc3)[C@@H]3CCC12S3. The standard InChI is InChI=1S/C23H31N3O4S/c1-13(2)25-21(29)19-23-10-9-16(31-23)17(18(23)22(30)26(19)14(3)12-27)20(28)24-11-15-7-5-4-6-8-15/h4-8,13-14,16-19,27H,9-12H2,1-3H3,(H,24,28)(H,25,29)/t14-,16+,17-,18+,19?,23?/m1/s1. The summed E-state index contributed by atoms with van der Waals surface area (Å²) in [6, 6.07) is 8.48. The van der Waals surface area contributed by atoms with E-state index in [4.69, 9.17) is 0 Å². The monoisotopic (exact) mass is 445 g/mol. The highest BCUT2D eigenvalue weighted by molar-refractivity contribution is 8.02. The summed E-state index contributed by atoms with van der Waals surface area (Å²) in [5.41, 5.74) is 1.00. The summed E-state index contributed by atoms with van der Waals surface area (Å²) in [6.07, 6.45) is 1.54. The minimum atomic E-state index is -0.670. The largest absolute Gasteiger partial charge is 0.394 e. The maximum Gasteiger partial charge on any atom is 0.244 e. The molecule has 4 rings (SSSR count). The zero-order chi connectivity index (χ0) is 22.3. The molecule has 1 spiro atoms. The second-order valence-electron chi connectivity index (χ2n) is 9.20. The predicted octanol–water partition coefficient (Wildman–Crippen LogP) is 1.30. The highest BCUT2D eigenvalue weighted by Gasteiger charge is 2.73. The molecule has 3 N–H and O–H groups in total. The summed E-state index contributed by atoms with van der Waals surface area (Å²) in [6.45, 7) is 5.73. The number of hydrogen-bond donors (Lipinski definition) is 3. The fraction of sp³-hybridized carbons (Fsp3) is 0.609. The minimum absolute atomic E-state index is 0.0330. The van der Waals surface area contributed by atoms with Crippen LogP contribution in [0, 0.1) is 11.8 Å². The highest BCUT2D eigenvalue weighted by Crippen LogP contribution is 2.66. The molecule has 2 unspecified atom stereocenters. The number of nitrogens with one attached hydrogen (secondary N) is 2. The number of rotatable bonds is 7. The molecule has 3 saturated heterocycles.